The molecule has 1 fully saturated rings. The minimum absolute atomic E-state index is 0.0367. The van der Waals surface area contributed by atoms with Crippen LogP contribution in [-0.4, -0.2) is 26.9 Å². The second-order valence-electron chi connectivity index (χ2n) is 8.80. The second-order valence-corrected chi connectivity index (χ2v) is 10.5. The normalized spacial score (nSPS) is 21.8. The number of hydrogen-bond donors (Lipinski definition) is 3. The highest BCUT2D eigenvalue weighted by Crippen LogP contribution is 2.28. The van der Waals surface area contributed by atoms with E-state index in [1.54, 1.807) is 24.3 Å². The van der Waals surface area contributed by atoms with Crippen LogP contribution in [0.5, 0.6) is 0 Å². The average molecular weight is 460 g/mol. The number of amides is 1. The van der Waals surface area contributed by atoms with Crippen LogP contribution in [0.1, 0.15) is 56.2 Å². The van der Waals surface area contributed by atoms with Crippen LogP contribution in [0.15, 0.2) is 47.4 Å². The first-order chi connectivity index (χ1) is 15.3. The Morgan fingerprint density at radius 3 is 2.53 bits per heavy atom. The van der Waals surface area contributed by atoms with Crippen LogP contribution < -0.4 is 15.4 Å². The summed E-state index contributed by atoms with van der Waals surface area (Å²) in [4.78, 5) is 13.0. The van der Waals surface area contributed by atoms with Crippen molar-refractivity contribution in [2.45, 2.75) is 62.4 Å². The summed E-state index contributed by atoms with van der Waals surface area (Å²) < 4.78 is 41.7. The number of nitrogens with one attached hydrogen (secondary N) is 3. The van der Waals surface area contributed by atoms with Crippen LogP contribution in [0, 0.1) is 11.7 Å². The van der Waals surface area contributed by atoms with Crippen molar-refractivity contribution in [2.24, 2.45) is 5.92 Å². The van der Waals surface area contributed by atoms with E-state index in [2.05, 4.69) is 15.4 Å². The quantitative estimate of drug-likeness (QED) is 0.612. The standard InChI is InChI=1S/C24H30FN3O3S/c1-16(17-4-8-20(25)9-5-17)27-24(29)18-6-10-21(11-7-18)28-32(30,31)22-12-13-23-19(15-22)3-2-14-26-23/h4-5,8-9,12-13,15-16,18,21,26,28H,2-3,6-7,10-11,14H2,1H3,(H,27,29)/t16-,18?,21?/m1/s1. The Hall–Kier alpha value is -2.45. The molecule has 2 aromatic rings. The van der Waals surface area contributed by atoms with E-state index in [0.717, 1.165) is 36.2 Å². The molecule has 0 spiro atoms. The maximum absolute atomic E-state index is 13.1. The Balaban J connectivity index is 1.30. The van der Waals surface area contributed by atoms with Crippen LogP contribution in [0.2, 0.25) is 0 Å². The fraction of sp³-hybridized carbons (Fsp3) is 0.458. The van der Waals surface area contributed by atoms with E-state index in [9.17, 15) is 17.6 Å². The molecule has 1 saturated carbocycles. The fourth-order valence-corrected chi connectivity index (χ4v) is 5.90. The first kappa shape index (κ1) is 22.7. The lowest BCUT2D eigenvalue weighted by Gasteiger charge is -2.29. The van der Waals surface area contributed by atoms with Gasteiger partial charge in [-0.15, -0.1) is 0 Å². The highest BCUT2D eigenvalue weighted by molar-refractivity contribution is 7.89. The van der Waals surface area contributed by atoms with Crippen molar-refractivity contribution in [2.75, 3.05) is 11.9 Å². The van der Waals surface area contributed by atoms with Gasteiger partial charge in [-0.2, -0.15) is 0 Å². The van der Waals surface area contributed by atoms with E-state index in [4.69, 9.17) is 0 Å². The van der Waals surface area contributed by atoms with Gasteiger partial charge in [-0.25, -0.2) is 17.5 Å². The van der Waals surface area contributed by atoms with Crippen LogP contribution in [-0.2, 0) is 21.2 Å². The molecule has 3 N–H and O–H groups in total. The van der Waals surface area contributed by atoms with Gasteiger partial charge in [-0.05, 0) is 86.9 Å². The van der Waals surface area contributed by atoms with E-state index >= 15 is 0 Å². The summed E-state index contributed by atoms with van der Waals surface area (Å²) in [5.74, 6) is -0.487. The zero-order valence-corrected chi connectivity index (χ0v) is 19.1. The van der Waals surface area contributed by atoms with Gasteiger partial charge in [-0.1, -0.05) is 12.1 Å². The molecule has 172 valence electrons. The van der Waals surface area contributed by atoms with Crippen molar-refractivity contribution in [1.29, 1.82) is 0 Å². The molecule has 1 atom stereocenters. The molecule has 1 aliphatic carbocycles. The van der Waals surface area contributed by atoms with Gasteiger partial charge in [0.05, 0.1) is 10.9 Å². The molecule has 1 heterocycles. The Morgan fingerprint density at radius 2 is 1.81 bits per heavy atom. The Labute approximate surface area is 189 Å². The third kappa shape index (κ3) is 5.30. The highest BCUT2D eigenvalue weighted by atomic mass is 32.2. The molecule has 1 amide bonds. The molecule has 0 radical (unpaired) electrons. The molecule has 4 rings (SSSR count). The molecular formula is C24H30FN3O3S. The summed E-state index contributed by atoms with van der Waals surface area (Å²) >= 11 is 0. The zero-order chi connectivity index (χ0) is 22.7. The lowest BCUT2D eigenvalue weighted by molar-refractivity contribution is -0.126. The molecule has 6 nitrogen and oxygen atoms in total. The summed E-state index contributed by atoms with van der Waals surface area (Å²) in [5, 5.41) is 6.29. The van der Waals surface area contributed by atoms with Crippen molar-refractivity contribution in [3.8, 4) is 0 Å². The fourth-order valence-electron chi connectivity index (χ4n) is 4.55. The van der Waals surface area contributed by atoms with Crippen LogP contribution in [0.3, 0.4) is 0 Å². The first-order valence-corrected chi connectivity index (χ1v) is 12.7. The van der Waals surface area contributed by atoms with E-state index in [1.807, 2.05) is 13.0 Å². The lowest BCUT2D eigenvalue weighted by Crippen LogP contribution is -2.41. The summed E-state index contributed by atoms with van der Waals surface area (Å²) in [6.45, 7) is 2.79. The number of halogens is 1. The number of carbonyl (C=O) groups excluding carboxylic acids is 1. The van der Waals surface area contributed by atoms with Crippen molar-refractivity contribution in [3.05, 3.63) is 59.4 Å². The smallest absolute Gasteiger partial charge is 0.240 e. The number of benzene rings is 2. The van der Waals surface area contributed by atoms with Gasteiger partial charge in [0.2, 0.25) is 15.9 Å². The molecule has 0 aromatic heterocycles. The minimum Gasteiger partial charge on any atom is -0.385 e. The number of aryl methyl sites for hydroxylation is 1. The van der Waals surface area contributed by atoms with Gasteiger partial charge in [0.25, 0.3) is 0 Å². The van der Waals surface area contributed by atoms with Crippen molar-refractivity contribution >= 4 is 21.6 Å². The van der Waals surface area contributed by atoms with E-state index in [0.29, 0.717) is 30.6 Å². The largest absolute Gasteiger partial charge is 0.385 e. The van der Waals surface area contributed by atoms with E-state index in [-0.39, 0.29) is 29.7 Å². The summed E-state index contributed by atoms with van der Waals surface area (Å²) in [7, 11) is -3.60. The van der Waals surface area contributed by atoms with E-state index in [1.165, 1.54) is 12.1 Å². The van der Waals surface area contributed by atoms with Gasteiger partial charge in [0.1, 0.15) is 5.82 Å². The van der Waals surface area contributed by atoms with E-state index < -0.39 is 10.0 Å². The van der Waals surface area contributed by atoms with Crippen molar-refractivity contribution in [1.82, 2.24) is 10.0 Å². The van der Waals surface area contributed by atoms with Gasteiger partial charge < -0.3 is 10.6 Å². The van der Waals surface area contributed by atoms with Gasteiger partial charge in [0.15, 0.2) is 0 Å². The van der Waals surface area contributed by atoms with Crippen LogP contribution >= 0.6 is 0 Å². The molecule has 8 heteroatoms. The molecule has 0 unspecified atom stereocenters. The molecule has 2 aromatic carbocycles. The monoisotopic (exact) mass is 459 g/mol. The molecule has 32 heavy (non-hydrogen) atoms. The first-order valence-electron chi connectivity index (χ1n) is 11.3. The Morgan fingerprint density at radius 1 is 1.09 bits per heavy atom. The number of anilines is 1. The van der Waals surface area contributed by atoms with Gasteiger partial charge in [-0.3, -0.25) is 4.79 Å². The maximum atomic E-state index is 13.1. The van der Waals surface area contributed by atoms with Gasteiger partial charge in [0, 0.05) is 24.2 Å². The third-order valence-electron chi connectivity index (χ3n) is 6.47. The van der Waals surface area contributed by atoms with Crippen LogP contribution in [0.25, 0.3) is 0 Å². The predicted octanol–water partition coefficient (Wildman–Crippen LogP) is 3.90. The second kappa shape index (κ2) is 9.58. The summed E-state index contributed by atoms with van der Waals surface area (Å²) in [5.41, 5.74) is 2.90. The highest BCUT2D eigenvalue weighted by Gasteiger charge is 2.30. The number of hydrogen-bond acceptors (Lipinski definition) is 4. The SMILES string of the molecule is C[C@@H](NC(=O)C1CCC(NS(=O)(=O)c2ccc3c(c2)CCCN3)CC1)c1ccc(F)cc1. The average Bonchev–Trinajstić information content (AvgIpc) is 2.79. The molecule has 0 saturated heterocycles. The number of sulfonamides is 1. The molecule has 2 aliphatic rings. The predicted molar refractivity (Wildman–Crippen MR) is 122 cm³/mol. The van der Waals surface area contributed by atoms with Crippen LogP contribution in [0.4, 0.5) is 10.1 Å². The molecule has 1 aliphatic heterocycles. The maximum Gasteiger partial charge on any atom is 0.240 e. The number of rotatable bonds is 6. The van der Waals surface area contributed by atoms with Gasteiger partial charge >= 0.3 is 0 Å². The Kier molecular flexibility index (Phi) is 6.81. The summed E-state index contributed by atoms with van der Waals surface area (Å²) in [6.07, 6.45) is 4.37. The van der Waals surface area contributed by atoms with Crippen molar-refractivity contribution in [3.63, 3.8) is 0 Å². The summed E-state index contributed by atoms with van der Waals surface area (Å²) in [6, 6.07) is 11.0. The molecule has 0 bridgehead atoms. The number of fused-ring (bicyclic) bond motifs is 1. The molecular weight excluding hydrogens is 429 g/mol. The third-order valence-corrected chi connectivity index (χ3v) is 7.99. The van der Waals surface area contributed by atoms with Crippen molar-refractivity contribution < 1.29 is 17.6 Å². The Bertz CT molecular complexity index is 1060. The minimum atomic E-state index is -3.60. The lowest BCUT2D eigenvalue weighted by atomic mass is 9.85. The number of carbonyl (C=O) groups is 1. The topological polar surface area (TPSA) is 87.3 Å². The zero-order valence-electron chi connectivity index (χ0n) is 18.2.